The number of hydrogen-bond donors (Lipinski definition) is 0. The highest BCUT2D eigenvalue weighted by atomic mass is 127. The summed E-state index contributed by atoms with van der Waals surface area (Å²) in [5, 5.41) is 0.528. The highest BCUT2D eigenvalue weighted by molar-refractivity contribution is 14.1. The van der Waals surface area contributed by atoms with Crippen molar-refractivity contribution in [1.82, 2.24) is 4.90 Å². The van der Waals surface area contributed by atoms with Crippen LogP contribution in [-0.4, -0.2) is 38.0 Å². The Morgan fingerprint density at radius 3 is 2.72 bits per heavy atom. The standard InChI is InChI=1S/C14H27BINO/c1-13(15)7-5-4-6-12-11(8-13)9-14(2,10-18-16)17(12)3/h11-12H,4-10,15H2,1-3H3. The second-order valence-corrected chi connectivity index (χ2v) is 8.13. The minimum absolute atomic E-state index is 0.247. The first-order valence-electron chi connectivity index (χ1n) is 7.34. The van der Waals surface area contributed by atoms with Crippen LogP contribution in [0.4, 0.5) is 0 Å². The zero-order chi connectivity index (χ0) is 13.4. The van der Waals surface area contributed by atoms with Gasteiger partial charge in [0, 0.05) is 11.6 Å². The number of hydrogen-bond acceptors (Lipinski definition) is 2. The molecule has 0 aromatic rings. The first-order valence-corrected chi connectivity index (χ1v) is 8.23. The Labute approximate surface area is 127 Å². The summed E-state index contributed by atoms with van der Waals surface area (Å²) in [5.74, 6) is 0.863. The maximum absolute atomic E-state index is 5.45. The Hall–Kier alpha value is 0.715. The van der Waals surface area contributed by atoms with Crippen molar-refractivity contribution in [3.05, 3.63) is 0 Å². The topological polar surface area (TPSA) is 12.5 Å². The quantitative estimate of drug-likeness (QED) is 0.552. The second-order valence-electron chi connectivity index (χ2n) is 7.51. The fourth-order valence-electron chi connectivity index (χ4n) is 4.25. The average molecular weight is 363 g/mol. The summed E-state index contributed by atoms with van der Waals surface area (Å²) in [5.41, 5.74) is 0.247. The third kappa shape index (κ3) is 3.06. The molecule has 2 fully saturated rings. The molecule has 1 saturated heterocycles. The van der Waals surface area contributed by atoms with Gasteiger partial charge in [-0.3, -0.25) is 4.90 Å². The third-order valence-electron chi connectivity index (χ3n) is 5.38. The van der Waals surface area contributed by atoms with E-state index < -0.39 is 0 Å². The van der Waals surface area contributed by atoms with Crippen molar-refractivity contribution in [3.8, 4) is 0 Å². The summed E-state index contributed by atoms with van der Waals surface area (Å²) >= 11 is 2.05. The normalized spacial score (nSPS) is 46.4. The molecule has 1 aliphatic heterocycles. The number of fused-ring (bicyclic) bond motifs is 1. The van der Waals surface area contributed by atoms with Gasteiger partial charge in [-0.2, -0.15) is 0 Å². The van der Waals surface area contributed by atoms with E-state index in [9.17, 15) is 0 Å². The van der Waals surface area contributed by atoms with Crippen LogP contribution < -0.4 is 0 Å². The highest BCUT2D eigenvalue weighted by Crippen LogP contribution is 2.48. The van der Waals surface area contributed by atoms with Crippen molar-refractivity contribution in [2.24, 2.45) is 5.92 Å². The predicted molar refractivity (Wildman–Crippen MR) is 88.0 cm³/mol. The van der Waals surface area contributed by atoms with Crippen LogP contribution in [0.15, 0.2) is 0 Å². The molecule has 1 saturated carbocycles. The lowest BCUT2D eigenvalue weighted by atomic mass is 9.60. The maximum atomic E-state index is 5.45. The van der Waals surface area contributed by atoms with Gasteiger partial charge in [0.15, 0.2) is 0 Å². The van der Waals surface area contributed by atoms with Crippen LogP contribution in [0.2, 0.25) is 5.31 Å². The molecule has 2 nitrogen and oxygen atoms in total. The van der Waals surface area contributed by atoms with Crippen molar-refractivity contribution >= 4 is 30.9 Å². The number of nitrogens with zero attached hydrogens (tertiary/aromatic N) is 1. The van der Waals surface area contributed by atoms with E-state index in [-0.39, 0.29) is 5.54 Å². The van der Waals surface area contributed by atoms with Crippen LogP contribution in [0.3, 0.4) is 0 Å². The van der Waals surface area contributed by atoms with Crippen LogP contribution in [0.1, 0.15) is 52.4 Å². The van der Waals surface area contributed by atoms with Crippen molar-refractivity contribution in [2.45, 2.75) is 69.3 Å². The lowest BCUT2D eigenvalue weighted by Crippen LogP contribution is -2.45. The Kier molecular flexibility index (Phi) is 4.71. The summed E-state index contributed by atoms with van der Waals surface area (Å²) in [4.78, 5) is 2.62. The summed E-state index contributed by atoms with van der Waals surface area (Å²) in [6.07, 6.45) is 8.28. The van der Waals surface area contributed by atoms with E-state index in [1.54, 1.807) is 0 Å². The van der Waals surface area contributed by atoms with Gasteiger partial charge in [0.1, 0.15) is 30.9 Å². The van der Waals surface area contributed by atoms with Gasteiger partial charge in [0.05, 0.1) is 6.61 Å². The Morgan fingerprint density at radius 2 is 2.06 bits per heavy atom. The summed E-state index contributed by atoms with van der Waals surface area (Å²) in [6.45, 7) is 5.70. The molecule has 2 aliphatic rings. The van der Waals surface area contributed by atoms with Crippen LogP contribution in [0, 0.1) is 5.92 Å². The molecule has 104 valence electrons. The molecule has 4 unspecified atom stereocenters. The van der Waals surface area contributed by atoms with Gasteiger partial charge in [-0.05, 0) is 32.7 Å². The fraction of sp³-hybridized carbons (Fsp3) is 1.00. The molecule has 1 heterocycles. The molecule has 0 N–H and O–H groups in total. The second kappa shape index (κ2) is 5.61. The van der Waals surface area contributed by atoms with E-state index >= 15 is 0 Å². The van der Waals surface area contributed by atoms with E-state index in [1.165, 1.54) is 38.5 Å². The highest BCUT2D eigenvalue weighted by Gasteiger charge is 2.48. The SMILES string of the molecule is BC1(C)CCCCC2C(C1)CC(C)(COI)N2C. The van der Waals surface area contributed by atoms with Gasteiger partial charge in [-0.15, -0.1) is 0 Å². The van der Waals surface area contributed by atoms with Gasteiger partial charge in [-0.25, -0.2) is 0 Å². The summed E-state index contributed by atoms with van der Waals surface area (Å²) < 4.78 is 5.45. The molecule has 2 rings (SSSR count). The molecule has 1 aliphatic carbocycles. The average Bonchev–Trinajstić information content (AvgIpc) is 2.45. The smallest absolute Gasteiger partial charge is 0.109 e. The lowest BCUT2D eigenvalue weighted by Gasteiger charge is -2.37. The van der Waals surface area contributed by atoms with Crippen LogP contribution in [0.25, 0.3) is 0 Å². The monoisotopic (exact) mass is 363 g/mol. The molecule has 0 amide bonds. The van der Waals surface area contributed by atoms with Crippen molar-refractivity contribution in [3.63, 3.8) is 0 Å². The zero-order valence-electron chi connectivity index (χ0n) is 12.3. The third-order valence-corrected chi connectivity index (χ3v) is 5.69. The lowest BCUT2D eigenvalue weighted by molar-refractivity contribution is 0.0999. The van der Waals surface area contributed by atoms with Crippen LogP contribution in [-0.2, 0) is 3.07 Å². The minimum Gasteiger partial charge on any atom is -0.314 e. The first-order chi connectivity index (χ1) is 8.38. The molecule has 0 bridgehead atoms. The Morgan fingerprint density at radius 1 is 1.33 bits per heavy atom. The van der Waals surface area contributed by atoms with Crippen LogP contribution >= 0.6 is 23.0 Å². The number of rotatable bonds is 2. The molecule has 0 aromatic heterocycles. The van der Waals surface area contributed by atoms with Gasteiger partial charge >= 0.3 is 0 Å². The molecule has 0 aromatic carbocycles. The molecular weight excluding hydrogens is 336 g/mol. The molecule has 4 heteroatoms. The van der Waals surface area contributed by atoms with E-state index in [0.29, 0.717) is 5.31 Å². The summed E-state index contributed by atoms with van der Waals surface area (Å²) in [7, 11) is 4.77. The van der Waals surface area contributed by atoms with E-state index in [0.717, 1.165) is 18.6 Å². The molecule has 4 atom stereocenters. The molecule has 0 radical (unpaired) electrons. The van der Waals surface area contributed by atoms with E-state index in [1.807, 2.05) is 23.0 Å². The molecular formula is C14H27BINO. The van der Waals surface area contributed by atoms with Crippen molar-refractivity contribution in [1.29, 1.82) is 0 Å². The first kappa shape index (κ1) is 15.1. The Balaban J connectivity index is 2.15. The zero-order valence-corrected chi connectivity index (χ0v) is 14.5. The number of halogens is 1. The minimum atomic E-state index is 0.247. The molecule has 0 spiro atoms. The predicted octanol–water partition coefficient (Wildman–Crippen LogP) is 3.21. The summed E-state index contributed by atoms with van der Waals surface area (Å²) in [6, 6.07) is 0.779. The number of likely N-dealkylation sites (N-methyl/N-ethyl adjacent to an activating group) is 1. The van der Waals surface area contributed by atoms with Gasteiger partial charge in [0.2, 0.25) is 0 Å². The molecule has 18 heavy (non-hydrogen) atoms. The maximum Gasteiger partial charge on any atom is 0.109 e. The van der Waals surface area contributed by atoms with Crippen molar-refractivity contribution in [2.75, 3.05) is 13.7 Å². The number of likely N-dealkylation sites (tertiary alicyclic amines) is 1. The fourth-order valence-corrected chi connectivity index (χ4v) is 4.92. The van der Waals surface area contributed by atoms with Crippen LogP contribution in [0.5, 0.6) is 0 Å². The van der Waals surface area contributed by atoms with Crippen molar-refractivity contribution < 1.29 is 3.07 Å². The van der Waals surface area contributed by atoms with Gasteiger partial charge in [0.25, 0.3) is 0 Å². The van der Waals surface area contributed by atoms with Gasteiger partial charge < -0.3 is 3.07 Å². The Bertz CT molecular complexity index is 300. The van der Waals surface area contributed by atoms with Gasteiger partial charge in [-0.1, -0.05) is 37.9 Å². The van der Waals surface area contributed by atoms with E-state index in [2.05, 4.69) is 33.6 Å². The van der Waals surface area contributed by atoms with E-state index in [4.69, 9.17) is 3.07 Å². The largest absolute Gasteiger partial charge is 0.314 e.